The summed E-state index contributed by atoms with van der Waals surface area (Å²) in [5.41, 5.74) is 0.639. The molecule has 0 aromatic rings. The second-order valence-electron chi connectivity index (χ2n) is 4.20. The zero-order valence-electron chi connectivity index (χ0n) is 9.03. The largest absolute Gasteiger partial charge is 0.138 e. The molecule has 0 bridgehead atoms. The highest BCUT2D eigenvalue weighted by Gasteiger charge is 2.20. The Labute approximate surface area is 80.7 Å². The van der Waals surface area contributed by atoms with Crippen LogP contribution in [-0.4, -0.2) is 6.16 Å². The minimum absolute atomic E-state index is 0.639. The minimum atomic E-state index is 0.639. The molecule has 1 atom stereocenters. The van der Waals surface area contributed by atoms with Crippen LogP contribution in [0.15, 0.2) is 0 Å². The van der Waals surface area contributed by atoms with Crippen molar-refractivity contribution in [1.29, 1.82) is 0 Å². The van der Waals surface area contributed by atoms with Gasteiger partial charge in [0, 0.05) is 0 Å². The summed E-state index contributed by atoms with van der Waals surface area (Å²) in [5.74, 6) is 0. The summed E-state index contributed by atoms with van der Waals surface area (Å²) in [5, 5.41) is 0. The molecule has 0 aliphatic rings. The van der Waals surface area contributed by atoms with Crippen LogP contribution in [0.4, 0.5) is 0 Å². The molecule has 0 aromatic carbocycles. The van der Waals surface area contributed by atoms with Crippen LogP contribution < -0.4 is 0 Å². The van der Waals surface area contributed by atoms with Crippen LogP contribution in [0.5, 0.6) is 0 Å². The maximum atomic E-state index is 2.83. The van der Waals surface area contributed by atoms with E-state index in [-0.39, 0.29) is 0 Å². The van der Waals surface area contributed by atoms with Gasteiger partial charge in [0.15, 0.2) is 0 Å². The van der Waals surface area contributed by atoms with E-state index in [4.69, 9.17) is 0 Å². The van der Waals surface area contributed by atoms with E-state index in [0.29, 0.717) is 5.41 Å². The van der Waals surface area contributed by atoms with Crippen LogP contribution in [0.3, 0.4) is 0 Å². The van der Waals surface area contributed by atoms with Gasteiger partial charge in [0.05, 0.1) is 0 Å². The quantitative estimate of drug-likeness (QED) is 0.524. The maximum absolute atomic E-state index is 2.83. The van der Waals surface area contributed by atoms with Gasteiger partial charge in [-0.25, -0.2) is 0 Å². The SMILES string of the molecule is CCCC(C)(CCC)CCCP. The summed E-state index contributed by atoms with van der Waals surface area (Å²) in [4.78, 5) is 0. The van der Waals surface area contributed by atoms with Gasteiger partial charge in [0.1, 0.15) is 0 Å². The van der Waals surface area contributed by atoms with Gasteiger partial charge in [-0.15, -0.1) is 9.24 Å². The smallest absolute Gasteiger partial charge is 0.0326 e. The summed E-state index contributed by atoms with van der Waals surface area (Å²) < 4.78 is 0. The average molecular weight is 188 g/mol. The Balaban J connectivity index is 3.80. The van der Waals surface area contributed by atoms with Crippen molar-refractivity contribution in [3.05, 3.63) is 0 Å². The predicted octanol–water partition coefficient (Wildman–Crippen LogP) is 4.25. The van der Waals surface area contributed by atoms with E-state index in [2.05, 4.69) is 30.0 Å². The summed E-state index contributed by atoms with van der Waals surface area (Å²) in [6.45, 7) is 7.06. The molecular formula is C11H25P. The van der Waals surface area contributed by atoms with Crippen molar-refractivity contribution in [3.63, 3.8) is 0 Å². The van der Waals surface area contributed by atoms with Crippen molar-refractivity contribution in [1.82, 2.24) is 0 Å². The molecule has 0 radical (unpaired) electrons. The third kappa shape index (κ3) is 5.14. The fourth-order valence-electron chi connectivity index (χ4n) is 2.11. The summed E-state index contributed by atoms with van der Waals surface area (Å²) >= 11 is 0. The molecule has 0 rings (SSSR count). The van der Waals surface area contributed by atoms with Gasteiger partial charge in [-0.3, -0.25) is 0 Å². The van der Waals surface area contributed by atoms with Crippen molar-refractivity contribution in [2.45, 2.75) is 59.3 Å². The predicted molar refractivity (Wildman–Crippen MR) is 61.7 cm³/mol. The van der Waals surface area contributed by atoms with Gasteiger partial charge in [-0.1, -0.05) is 33.6 Å². The fourth-order valence-corrected chi connectivity index (χ4v) is 2.32. The van der Waals surface area contributed by atoms with E-state index in [0.717, 1.165) is 0 Å². The Morgan fingerprint density at radius 1 is 1.00 bits per heavy atom. The molecule has 12 heavy (non-hydrogen) atoms. The molecule has 0 nitrogen and oxygen atoms in total. The Morgan fingerprint density at radius 3 is 1.83 bits per heavy atom. The Kier molecular flexibility index (Phi) is 7.14. The fraction of sp³-hybridized carbons (Fsp3) is 1.00. The van der Waals surface area contributed by atoms with Gasteiger partial charge in [-0.2, -0.15) is 0 Å². The van der Waals surface area contributed by atoms with E-state index in [9.17, 15) is 0 Å². The van der Waals surface area contributed by atoms with Crippen LogP contribution in [-0.2, 0) is 0 Å². The maximum Gasteiger partial charge on any atom is -0.0326 e. The highest BCUT2D eigenvalue weighted by atomic mass is 31.0. The van der Waals surface area contributed by atoms with Crippen molar-refractivity contribution in [2.24, 2.45) is 5.41 Å². The van der Waals surface area contributed by atoms with Gasteiger partial charge >= 0.3 is 0 Å². The second kappa shape index (κ2) is 6.89. The average Bonchev–Trinajstić information content (AvgIpc) is 2.02. The molecule has 0 heterocycles. The first-order chi connectivity index (χ1) is 5.68. The lowest BCUT2D eigenvalue weighted by Crippen LogP contribution is -2.15. The van der Waals surface area contributed by atoms with Gasteiger partial charge in [0.2, 0.25) is 0 Å². The van der Waals surface area contributed by atoms with Crippen molar-refractivity contribution < 1.29 is 0 Å². The first-order valence-electron chi connectivity index (χ1n) is 5.38. The lowest BCUT2D eigenvalue weighted by Gasteiger charge is -2.28. The van der Waals surface area contributed by atoms with Crippen molar-refractivity contribution >= 4 is 9.24 Å². The minimum Gasteiger partial charge on any atom is -0.138 e. The molecule has 1 heteroatoms. The highest BCUT2D eigenvalue weighted by Crippen LogP contribution is 2.34. The third-order valence-corrected chi connectivity index (χ3v) is 3.10. The normalized spacial score (nSPS) is 12.0. The molecule has 0 N–H and O–H groups in total. The van der Waals surface area contributed by atoms with E-state index < -0.39 is 0 Å². The van der Waals surface area contributed by atoms with Crippen LogP contribution in [0.2, 0.25) is 0 Å². The molecule has 0 saturated heterocycles. The summed E-state index contributed by atoms with van der Waals surface area (Å²) in [7, 11) is 2.83. The topological polar surface area (TPSA) is 0 Å². The molecule has 0 amide bonds. The van der Waals surface area contributed by atoms with E-state index in [1.165, 1.54) is 44.7 Å². The molecule has 0 saturated carbocycles. The van der Waals surface area contributed by atoms with E-state index in [1.807, 2.05) is 0 Å². The lowest BCUT2D eigenvalue weighted by molar-refractivity contribution is 0.242. The number of hydrogen-bond acceptors (Lipinski definition) is 0. The molecule has 0 aliphatic heterocycles. The second-order valence-corrected chi connectivity index (χ2v) is 4.78. The molecule has 0 fully saturated rings. The molecule has 74 valence electrons. The number of rotatable bonds is 7. The van der Waals surface area contributed by atoms with E-state index in [1.54, 1.807) is 0 Å². The molecular weight excluding hydrogens is 163 g/mol. The standard InChI is InChI=1S/C11H25P/c1-4-7-11(3,8-5-2)9-6-10-12/h4-10,12H2,1-3H3. The lowest BCUT2D eigenvalue weighted by atomic mass is 9.78. The van der Waals surface area contributed by atoms with Crippen LogP contribution in [0.1, 0.15) is 59.3 Å². The van der Waals surface area contributed by atoms with Gasteiger partial charge < -0.3 is 0 Å². The molecule has 1 unspecified atom stereocenters. The molecule has 0 aromatic heterocycles. The monoisotopic (exact) mass is 188 g/mol. The first-order valence-corrected chi connectivity index (χ1v) is 6.20. The summed E-state index contributed by atoms with van der Waals surface area (Å²) in [6.07, 6.45) is 9.56. The van der Waals surface area contributed by atoms with Gasteiger partial charge in [0.25, 0.3) is 0 Å². The zero-order valence-corrected chi connectivity index (χ0v) is 10.2. The highest BCUT2D eigenvalue weighted by molar-refractivity contribution is 7.16. The number of hydrogen-bond donors (Lipinski definition) is 0. The zero-order chi connectivity index (χ0) is 9.45. The van der Waals surface area contributed by atoms with Crippen LogP contribution in [0, 0.1) is 5.41 Å². The molecule has 0 spiro atoms. The first kappa shape index (κ1) is 12.4. The van der Waals surface area contributed by atoms with Crippen molar-refractivity contribution in [2.75, 3.05) is 6.16 Å². The van der Waals surface area contributed by atoms with Crippen molar-refractivity contribution in [3.8, 4) is 0 Å². The van der Waals surface area contributed by atoms with E-state index >= 15 is 0 Å². The van der Waals surface area contributed by atoms with Crippen LogP contribution in [0.25, 0.3) is 0 Å². The molecule has 0 aliphatic carbocycles. The van der Waals surface area contributed by atoms with Crippen LogP contribution >= 0.6 is 9.24 Å². The Hall–Kier alpha value is 0.430. The Bertz CT molecular complexity index is 93.2. The Morgan fingerprint density at radius 2 is 1.50 bits per heavy atom. The third-order valence-electron chi connectivity index (χ3n) is 2.69. The van der Waals surface area contributed by atoms with Gasteiger partial charge in [-0.05, 0) is 37.3 Å². The summed E-state index contributed by atoms with van der Waals surface area (Å²) in [6, 6.07) is 0.